The first kappa shape index (κ1) is 14.4. The number of aryl methyl sites for hydroxylation is 1. The summed E-state index contributed by atoms with van der Waals surface area (Å²) in [4.78, 5) is 10.7. The summed E-state index contributed by atoms with van der Waals surface area (Å²) >= 11 is 0. The summed E-state index contributed by atoms with van der Waals surface area (Å²) in [6, 6.07) is 5.66. The van der Waals surface area contributed by atoms with Crippen LogP contribution < -0.4 is 10.1 Å². The second-order valence-corrected chi connectivity index (χ2v) is 4.46. The average molecular weight is 285 g/mol. The minimum atomic E-state index is -4.84. The predicted octanol–water partition coefficient (Wildman–Crippen LogP) is 2.70. The van der Waals surface area contributed by atoms with Crippen LogP contribution in [0.15, 0.2) is 24.3 Å². The third kappa shape index (κ3) is 3.12. The third-order valence-electron chi connectivity index (χ3n) is 3.20. The molecule has 0 aliphatic heterocycles. The molecule has 2 rings (SSSR count). The van der Waals surface area contributed by atoms with E-state index in [2.05, 4.69) is 0 Å². The molecule has 0 unspecified atom stereocenters. The van der Waals surface area contributed by atoms with Crippen LogP contribution in [0.2, 0.25) is 0 Å². The van der Waals surface area contributed by atoms with Gasteiger partial charge in [-0.1, -0.05) is 12.1 Å². The second kappa shape index (κ2) is 5.56. The molecule has 3 nitrogen and oxygen atoms in total. The van der Waals surface area contributed by atoms with Gasteiger partial charge in [-0.05, 0) is 41.7 Å². The van der Waals surface area contributed by atoms with E-state index in [4.69, 9.17) is 4.74 Å². The smallest absolute Gasteiger partial charge is 0.471 e. The first-order chi connectivity index (χ1) is 9.41. The molecule has 0 aromatic heterocycles. The number of methoxy groups -OCH3 is 1. The summed E-state index contributed by atoms with van der Waals surface area (Å²) in [5, 5.41) is 1.84. The van der Waals surface area contributed by atoms with Gasteiger partial charge in [0.05, 0.1) is 7.11 Å². The maximum absolute atomic E-state index is 12.0. The van der Waals surface area contributed by atoms with Crippen LogP contribution in [0.5, 0.6) is 5.75 Å². The Bertz CT molecular complexity index is 550. The number of ether oxygens (including phenoxy) is 1. The van der Waals surface area contributed by atoms with Gasteiger partial charge in [0.2, 0.25) is 0 Å². The molecule has 0 saturated carbocycles. The Kier molecular flexibility index (Phi) is 4.01. The van der Waals surface area contributed by atoms with E-state index in [1.54, 1.807) is 13.2 Å². The highest BCUT2D eigenvalue weighted by atomic mass is 19.4. The van der Waals surface area contributed by atoms with Crippen molar-refractivity contribution in [2.75, 3.05) is 13.7 Å². The van der Waals surface area contributed by atoms with Crippen molar-refractivity contribution in [3.05, 3.63) is 35.4 Å². The number of carbonyl (C=O) groups excluding carboxylic acids is 1. The third-order valence-corrected chi connectivity index (χ3v) is 3.20. The summed E-state index contributed by atoms with van der Waals surface area (Å²) < 4.78 is 41.2. The molecule has 108 valence electrons. The molecule has 0 atom stereocenters. The monoisotopic (exact) mass is 285 g/mol. The molecule has 0 bridgehead atoms. The van der Waals surface area contributed by atoms with Crippen molar-refractivity contribution in [2.24, 2.45) is 0 Å². The fourth-order valence-corrected chi connectivity index (χ4v) is 2.18. The predicted molar refractivity (Wildman–Crippen MR) is 68.4 cm³/mol. The molecular formula is C14H14F3NO2. The minimum absolute atomic E-state index is 0.135. The lowest BCUT2D eigenvalue weighted by Gasteiger charge is -2.07. The van der Waals surface area contributed by atoms with Gasteiger partial charge in [0, 0.05) is 6.54 Å². The normalized spacial score (nSPS) is 16.1. The van der Waals surface area contributed by atoms with Crippen LogP contribution in [0.3, 0.4) is 0 Å². The van der Waals surface area contributed by atoms with Crippen molar-refractivity contribution in [1.29, 1.82) is 0 Å². The highest BCUT2D eigenvalue weighted by molar-refractivity contribution is 5.82. The van der Waals surface area contributed by atoms with E-state index >= 15 is 0 Å². The number of nitrogens with one attached hydrogen (secondary N) is 1. The summed E-state index contributed by atoms with van der Waals surface area (Å²) in [5.41, 5.74) is 3.05. The number of allylic oxidation sites excluding steroid dienone is 1. The quantitative estimate of drug-likeness (QED) is 0.927. The zero-order chi connectivity index (χ0) is 14.8. The lowest BCUT2D eigenvalue weighted by Crippen LogP contribution is -2.36. The van der Waals surface area contributed by atoms with E-state index in [1.165, 1.54) is 0 Å². The summed E-state index contributed by atoms with van der Waals surface area (Å²) in [5.74, 6) is -1.21. The van der Waals surface area contributed by atoms with E-state index in [0.717, 1.165) is 29.5 Å². The van der Waals surface area contributed by atoms with E-state index in [0.29, 0.717) is 5.75 Å². The van der Waals surface area contributed by atoms with Crippen molar-refractivity contribution in [1.82, 2.24) is 5.32 Å². The van der Waals surface area contributed by atoms with E-state index in [-0.39, 0.29) is 6.54 Å². The van der Waals surface area contributed by atoms with Gasteiger partial charge in [-0.15, -0.1) is 0 Å². The fourth-order valence-electron chi connectivity index (χ4n) is 2.18. The highest BCUT2D eigenvalue weighted by Gasteiger charge is 2.38. The van der Waals surface area contributed by atoms with Crippen LogP contribution in [-0.4, -0.2) is 25.7 Å². The van der Waals surface area contributed by atoms with Gasteiger partial charge < -0.3 is 10.1 Å². The zero-order valence-electron chi connectivity index (χ0n) is 10.9. The van der Waals surface area contributed by atoms with Gasteiger partial charge in [0.1, 0.15) is 5.75 Å². The van der Waals surface area contributed by atoms with Crippen LogP contribution >= 0.6 is 0 Å². The number of rotatable bonds is 3. The van der Waals surface area contributed by atoms with E-state index < -0.39 is 12.1 Å². The van der Waals surface area contributed by atoms with E-state index in [1.807, 2.05) is 23.5 Å². The van der Waals surface area contributed by atoms with Crippen LogP contribution in [0.25, 0.3) is 5.57 Å². The molecule has 1 N–H and O–H groups in total. The van der Waals surface area contributed by atoms with Crippen molar-refractivity contribution >= 4 is 11.5 Å². The van der Waals surface area contributed by atoms with Gasteiger partial charge in [-0.2, -0.15) is 13.2 Å². The molecule has 1 aliphatic carbocycles. The van der Waals surface area contributed by atoms with Crippen LogP contribution in [0.1, 0.15) is 17.5 Å². The number of fused-ring (bicyclic) bond motifs is 1. The Labute approximate surface area is 114 Å². The number of carbonyl (C=O) groups is 1. The molecule has 20 heavy (non-hydrogen) atoms. The number of hydrogen-bond acceptors (Lipinski definition) is 2. The second-order valence-electron chi connectivity index (χ2n) is 4.46. The van der Waals surface area contributed by atoms with Gasteiger partial charge in [0.15, 0.2) is 0 Å². The minimum Gasteiger partial charge on any atom is -0.497 e. The summed E-state index contributed by atoms with van der Waals surface area (Å²) in [6.45, 7) is -0.135. The number of amides is 1. The van der Waals surface area contributed by atoms with Gasteiger partial charge in [0.25, 0.3) is 0 Å². The number of benzene rings is 1. The Balaban J connectivity index is 2.06. The molecule has 1 aromatic rings. The first-order valence-electron chi connectivity index (χ1n) is 6.13. The lowest BCUT2D eigenvalue weighted by atomic mass is 10.1. The van der Waals surface area contributed by atoms with E-state index in [9.17, 15) is 18.0 Å². The molecule has 1 amide bonds. The van der Waals surface area contributed by atoms with Crippen LogP contribution in [0.4, 0.5) is 13.2 Å². The topological polar surface area (TPSA) is 38.3 Å². The number of alkyl halides is 3. The molecule has 0 fully saturated rings. The standard InChI is InChI=1S/C14H14F3NO2/c1-20-11-5-4-9-2-3-10(12(9)8-11)6-7-18-13(19)14(15,16)17/h4-6,8H,2-3,7H2,1H3,(H,18,19)/b10-6+. The zero-order valence-corrected chi connectivity index (χ0v) is 10.9. The SMILES string of the molecule is COc1ccc2c(c1)/C(=C/CNC(=O)C(F)(F)F)CC2. The molecular weight excluding hydrogens is 271 g/mol. The highest BCUT2D eigenvalue weighted by Crippen LogP contribution is 2.34. The fraction of sp³-hybridized carbons (Fsp3) is 0.357. The summed E-state index contributed by atoms with van der Waals surface area (Å²) in [7, 11) is 1.56. The Hall–Kier alpha value is -1.98. The molecule has 6 heteroatoms. The van der Waals surface area contributed by atoms with Gasteiger partial charge in [-0.25, -0.2) is 0 Å². The molecule has 0 spiro atoms. The maximum Gasteiger partial charge on any atom is 0.471 e. The first-order valence-corrected chi connectivity index (χ1v) is 6.13. The number of hydrogen-bond donors (Lipinski definition) is 1. The van der Waals surface area contributed by atoms with Gasteiger partial charge >= 0.3 is 12.1 Å². The largest absolute Gasteiger partial charge is 0.497 e. The van der Waals surface area contributed by atoms with Crippen LogP contribution in [0, 0.1) is 0 Å². The molecule has 0 saturated heterocycles. The lowest BCUT2D eigenvalue weighted by molar-refractivity contribution is -0.173. The van der Waals surface area contributed by atoms with Crippen molar-refractivity contribution in [3.8, 4) is 5.75 Å². The molecule has 0 heterocycles. The molecule has 1 aliphatic rings. The van der Waals surface area contributed by atoms with Gasteiger partial charge in [-0.3, -0.25) is 4.79 Å². The van der Waals surface area contributed by atoms with Crippen molar-refractivity contribution in [3.63, 3.8) is 0 Å². The Morgan fingerprint density at radius 3 is 2.80 bits per heavy atom. The molecule has 0 radical (unpaired) electrons. The maximum atomic E-state index is 12.0. The van der Waals surface area contributed by atoms with Crippen molar-refractivity contribution < 1.29 is 22.7 Å². The molecule has 1 aromatic carbocycles. The summed E-state index contributed by atoms with van der Waals surface area (Å²) in [6.07, 6.45) is -1.62. The van der Waals surface area contributed by atoms with Crippen LogP contribution in [-0.2, 0) is 11.2 Å². The average Bonchev–Trinajstić information content (AvgIpc) is 2.80. The Morgan fingerprint density at radius 1 is 1.40 bits per heavy atom. The number of halogens is 3. The van der Waals surface area contributed by atoms with Crippen molar-refractivity contribution in [2.45, 2.75) is 19.0 Å². The Morgan fingerprint density at radius 2 is 2.15 bits per heavy atom.